The summed E-state index contributed by atoms with van der Waals surface area (Å²) in [5, 5.41) is 11.0. The van der Waals surface area contributed by atoms with Crippen molar-refractivity contribution in [3.63, 3.8) is 0 Å². The second-order valence-electron chi connectivity index (χ2n) is 4.06. The van der Waals surface area contributed by atoms with Crippen LogP contribution in [0.2, 0.25) is 5.02 Å². The van der Waals surface area contributed by atoms with Crippen LogP contribution in [0.3, 0.4) is 0 Å². The molecular weight excluding hydrogens is 248 g/mol. The molecule has 4 heteroatoms. The van der Waals surface area contributed by atoms with E-state index in [0.717, 1.165) is 5.69 Å². The van der Waals surface area contributed by atoms with E-state index in [0.29, 0.717) is 17.1 Å². The molecule has 0 amide bonds. The quantitative estimate of drug-likeness (QED) is 0.890. The fourth-order valence-corrected chi connectivity index (χ4v) is 2.19. The average Bonchev–Trinajstić information content (AvgIpc) is 2.41. The van der Waals surface area contributed by atoms with Crippen LogP contribution in [-0.2, 0) is 0 Å². The zero-order valence-electron chi connectivity index (χ0n) is 9.83. The molecule has 94 valence electrons. The van der Waals surface area contributed by atoms with E-state index in [-0.39, 0.29) is 5.92 Å². The Morgan fingerprint density at radius 3 is 2.50 bits per heavy atom. The van der Waals surface area contributed by atoms with Crippen molar-refractivity contribution in [3.05, 3.63) is 64.9 Å². The molecule has 1 heterocycles. The van der Waals surface area contributed by atoms with Crippen molar-refractivity contribution in [2.24, 2.45) is 5.73 Å². The molecule has 0 spiro atoms. The first-order valence-corrected chi connectivity index (χ1v) is 6.15. The molecule has 2 unspecified atom stereocenters. The number of rotatable bonds is 4. The monoisotopic (exact) mass is 262 g/mol. The summed E-state index contributed by atoms with van der Waals surface area (Å²) in [7, 11) is 0. The van der Waals surface area contributed by atoms with Crippen LogP contribution in [0.1, 0.15) is 23.3 Å². The summed E-state index contributed by atoms with van der Waals surface area (Å²) in [5.74, 6) is -0.258. The lowest BCUT2D eigenvalue weighted by Gasteiger charge is -2.22. The highest BCUT2D eigenvalue weighted by Gasteiger charge is 2.23. The van der Waals surface area contributed by atoms with E-state index in [1.54, 1.807) is 18.3 Å². The van der Waals surface area contributed by atoms with Gasteiger partial charge in [0, 0.05) is 29.4 Å². The highest BCUT2D eigenvalue weighted by atomic mass is 35.5. The lowest BCUT2D eigenvalue weighted by Crippen LogP contribution is -2.21. The van der Waals surface area contributed by atoms with Crippen molar-refractivity contribution in [1.82, 2.24) is 4.98 Å². The first kappa shape index (κ1) is 13.0. The van der Waals surface area contributed by atoms with Gasteiger partial charge in [0.15, 0.2) is 0 Å². The molecule has 0 aliphatic rings. The fraction of sp³-hybridized carbons (Fsp3) is 0.214. The van der Waals surface area contributed by atoms with Crippen LogP contribution in [0.5, 0.6) is 0 Å². The number of benzene rings is 1. The van der Waals surface area contributed by atoms with Crippen LogP contribution in [0.4, 0.5) is 0 Å². The molecule has 1 aromatic heterocycles. The van der Waals surface area contributed by atoms with Crippen LogP contribution < -0.4 is 5.73 Å². The number of aliphatic hydroxyl groups is 1. The molecule has 0 radical (unpaired) electrons. The molecule has 2 rings (SSSR count). The van der Waals surface area contributed by atoms with E-state index in [2.05, 4.69) is 4.98 Å². The molecule has 3 nitrogen and oxygen atoms in total. The number of pyridine rings is 1. The summed E-state index contributed by atoms with van der Waals surface area (Å²) < 4.78 is 0. The minimum absolute atomic E-state index is 0.258. The molecule has 3 N–H and O–H groups in total. The summed E-state index contributed by atoms with van der Waals surface area (Å²) in [6.45, 7) is 0.309. The minimum atomic E-state index is -0.751. The maximum atomic E-state index is 10.4. The number of hydrogen-bond donors (Lipinski definition) is 2. The highest BCUT2D eigenvalue weighted by molar-refractivity contribution is 6.31. The van der Waals surface area contributed by atoms with Gasteiger partial charge in [-0.05, 0) is 23.8 Å². The number of nitrogens with zero attached hydrogens (tertiary/aromatic N) is 1. The summed E-state index contributed by atoms with van der Waals surface area (Å²) in [6.07, 6.45) is 0.940. The van der Waals surface area contributed by atoms with Gasteiger partial charge >= 0.3 is 0 Å². The lowest BCUT2D eigenvalue weighted by atomic mass is 9.92. The lowest BCUT2D eigenvalue weighted by molar-refractivity contribution is 0.146. The van der Waals surface area contributed by atoms with Crippen molar-refractivity contribution in [3.8, 4) is 0 Å². The number of aromatic nitrogens is 1. The molecule has 0 saturated heterocycles. The Balaban J connectivity index is 2.32. The zero-order chi connectivity index (χ0) is 13.0. The second-order valence-corrected chi connectivity index (χ2v) is 4.47. The molecular formula is C14H15ClN2O. The molecule has 0 aliphatic carbocycles. The molecule has 0 saturated carbocycles. The van der Waals surface area contributed by atoms with Gasteiger partial charge in [0.05, 0.1) is 6.10 Å². The van der Waals surface area contributed by atoms with Gasteiger partial charge in [0.2, 0.25) is 0 Å². The Morgan fingerprint density at radius 1 is 1.17 bits per heavy atom. The van der Waals surface area contributed by atoms with Gasteiger partial charge in [-0.3, -0.25) is 4.98 Å². The first-order chi connectivity index (χ1) is 8.74. The van der Waals surface area contributed by atoms with Crippen LogP contribution >= 0.6 is 11.6 Å². The first-order valence-electron chi connectivity index (χ1n) is 5.77. The van der Waals surface area contributed by atoms with Crippen LogP contribution in [0, 0.1) is 0 Å². The maximum absolute atomic E-state index is 10.4. The third-order valence-electron chi connectivity index (χ3n) is 2.93. The van der Waals surface area contributed by atoms with E-state index in [1.165, 1.54) is 0 Å². The molecule has 0 fully saturated rings. The number of halogens is 1. The minimum Gasteiger partial charge on any atom is -0.388 e. The maximum Gasteiger partial charge on any atom is 0.0900 e. The van der Waals surface area contributed by atoms with E-state index >= 15 is 0 Å². The van der Waals surface area contributed by atoms with Gasteiger partial charge in [-0.2, -0.15) is 0 Å². The third-order valence-corrected chi connectivity index (χ3v) is 3.27. The molecule has 2 atom stereocenters. The number of aliphatic hydroxyl groups excluding tert-OH is 1. The van der Waals surface area contributed by atoms with Crippen LogP contribution in [0.15, 0.2) is 48.7 Å². The summed E-state index contributed by atoms with van der Waals surface area (Å²) in [5.41, 5.74) is 7.20. The standard InChI is InChI=1S/C14H15ClN2O/c15-12-6-2-1-5-10(12)14(18)11(9-16)13-7-3-4-8-17-13/h1-8,11,14,18H,9,16H2. The third kappa shape index (κ3) is 2.70. The van der Waals surface area contributed by atoms with Crippen molar-refractivity contribution in [2.45, 2.75) is 12.0 Å². The van der Waals surface area contributed by atoms with Crippen molar-refractivity contribution in [2.75, 3.05) is 6.54 Å². The van der Waals surface area contributed by atoms with Gasteiger partial charge in [0.25, 0.3) is 0 Å². The summed E-state index contributed by atoms with van der Waals surface area (Å²) in [6, 6.07) is 12.8. The fourth-order valence-electron chi connectivity index (χ4n) is 1.94. The van der Waals surface area contributed by atoms with E-state index in [4.69, 9.17) is 17.3 Å². The van der Waals surface area contributed by atoms with Crippen molar-refractivity contribution >= 4 is 11.6 Å². The van der Waals surface area contributed by atoms with Gasteiger partial charge in [-0.1, -0.05) is 35.9 Å². The molecule has 1 aromatic carbocycles. The second kappa shape index (κ2) is 5.96. The van der Waals surface area contributed by atoms with E-state index in [9.17, 15) is 5.11 Å². The van der Waals surface area contributed by atoms with E-state index < -0.39 is 6.10 Å². The molecule has 0 bridgehead atoms. The van der Waals surface area contributed by atoms with Crippen LogP contribution in [-0.4, -0.2) is 16.6 Å². The predicted octanol–water partition coefficient (Wildman–Crippen LogP) is 2.51. The summed E-state index contributed by atoms with van der Waals surface area (Å²) in [4.78, 5) is 4.24. The molecule has 2 aromatic rings. The topological polar surface area (TPSA) is 59.1 Å². The largest absolute Gasteiger partial charge is 0.388 e. The highest BCUT2D eigenvalue weighted by Crippen LogP contribution is 2.32. The van der Waals surface area contributed by atoms with Gasteiger partial charge < -0.3 is 10.8 Å². The summed E-state index contributed by atoms with van der Waals surface area (Å²) >= 11 is 6.09. The van der Waals surface area contributed by atoms with Gasteiger partial charge in [0.1, 0.15) is 0 Å². The Hall–Kier alpha value is -1.42. The van der Waals surface area contributed by atoms with E-state index in [1.807, 2.05) is 30.3 Å². The van der Waals surface area contributed by atoms with Crippen LogP contribution in [0.25, 0.3) is 0 Å². The number of hydrogen-bond acceptors (Lipinski definition) is 3. The Bertz CT molecular complexity index is 504. The number of nitrogens with two attached hydrogens (primary N) is 1. The van der Waals surface area contributed by atoms with Gasteiger partial charge in [-0.25, -0.2) is 0 Å². The zero-order valence-corrected chi connectivity index (χ0v) is 10.6. The predicted molar refractivity (Wildman–Crippen MR) is 72.4 cm³/mol. The Kier molecular flexibility index (Phi) is 4.31. The normalized spacial score (nSPS) is 14.2. The Labute approximate surface area is 111 Å². The average molecular weight is 263 g/mol. The van der Waals surface area contributed by atoms with Gasteiger partial charge in [-0.15, -0.1) is 0 Å². The molecule has 18 heavy (non-hydrogen) atoms. The van der Waals surface area contributed by atoms with Crippen molar-refractivity contribution in [1.29, 1.82) is 0 Å². The Morgan fingerprint density at radius 2 is 1.89 bits per heavy atom. The molecule has 0 aliphatic heterocycles. The smallest absolute Gasteiger partial charge is 0.0900 e. The SMILES string of the molecule is NCC(c1ccccn1)C(O)c1ccccc1Cl. The van der Waals surface area contributed by atoms with Crippen molar-refractivity contribution < 1.29 is 5.11 Å².